The minimum Gasteiger partial charge on any atom is -0.353 e. The van der Waals surface area contributed by atoms with Crippen LogP contribution in [0.3, 0.4) is 0 Å². The van der Waals surface area contributed by atoms with Gasteiger partial charge >= 0.3 is 0 Å². The van der Waals surface area contributed by atoms with Crippen LogP contribution in [-0.4, -0.2) is 42.6 Å². The number of piperazine rings is 1. The summed E-state index contributed by atoms with van der Waals surface area (Å²) in [5.74, 6) is 0.977. The Labute approximate surface area is 117 Å². The summed E-state index contributed by atoms with van der Waals surface area (Å²) >= 11 is 6.92. The number of hydrogen-bond donors (Lipinski definition) is 0. The van der Waals surface area contributed by atoms with E-state index in [9.17, 15) is 0 Å². The van der Waals surface area contributed by atoms with E-state index in [2.05, 4.69) is 52.7 Å². The largest absolute Gasteiger partial charge is 0.353 e. The van der Waals surface area contributed by atoms with Crippen LogP contribution >= 0.6 is 31.9 Å². The molecule has 1 aliphatic heterocycles. The van der Waals surface area contributed by atoms with Crippen LogP contribution in [0, 0.1) is 11.3 Å². The zero-order chi connectivity index (χ0) is 12.3. The van der Waals surface area contributed by atoms with Crippen LogP contribution in [0.5, 0.6) is 0 Å². The molecule has 0 saturated carbocycles. The van der Waals surface area contributed by atoms with Crippen LogP contribution in [-0.2, 0) is 0 Å². The number of aromatic nitrogens is 1. The lowest BCUT2D eigenvalue weighted by Gasteiger charge is -2.34. The van der Waals surface area contributed by atoms with Gasteiger partial charge in [0.1, 0.15) is 5.82 Å². The van der Waals surface area contributed by atoms with Crippen molar-refractivity contribution in [3.63, 3.8) is 0 Å². The first-order valence-electron chi connectivity index (χ1n) is 5.36. The molecule has 1 aromatic heterocycles. The molecule has 2 heterocycles. The highest BCUT2D eigenvalue weighted by molar-refractivity contribution is 9.11. The van der Waals surface area contributed by atoms with Gasteiger partial charge in [-0.25, -0.2) is 4.98 Å². The molecule has 0 spiro atoms. The van der Waals surface area contributed by atoms with Gasteiger partial charge in [0.15, 0.2) is 0 Å². The lowest BCUT2D eigenvalue weighted by Crippen LogP contribution is -2.46. The van der Waals surface area contributed by atoms with E-state index in [0.717, 1.165) is 40.9 Å². The van der Waals surface area contributed by atoms with E-state index in [1.54, 1.807) is 0 Å². The highest BCUT2D eigenvalue weighted by atomic mass is 79.9. The van der Waals surface area contributed by atoms with Gasteiger partial charge in [-0.05, 0) is 37.9 Å². The average molecular weight is 360 g/mol. The normalized spacial score (nSPS) is 16.9. The van der Waals surface area contributed by atoms with Crippen molar-refractivity contribution in [3.8, 4) is 6.07 Å². The van der Waals surface area contributed by atoms with Crippen molar-refractivity contribution in [2.75, 3.05) is 37.6 Å². The third kappa shape index (κ3) is 3.18. The quantitative estimate of drug-likeness (QED) is 0.759. The summed E-state index contributed by atoms with van der Waals surface area (Å²) in [6, 6.07) is 4.19. The number of hydrogen-bond acceptors (Lipinski definition) is 4. The van der Waals surface area contributed by atoms with Crippen molar-refractivity contribution >= 4 is 37.7 Å². The maximum Gasteiger partial charge on any atom is 0.143 e. The second-order valence-electron chi connectivity index (χ2n) is 3.88. The van der Waals surface area contributed by atoms with Crippen LogP contribution in [0.15, 0.2) is 21.2 Å². The van der Waals surface area contributed by atoms with Gasteiger partial charge in [-0.1, -0.05) is 0 Å². The highest BCUT2D eigenvalue weighted by Crippen LogP contribution is 2.27. The molecular weight excluding hydrogens is 348 g/mol. The van der Waals surface area contributed by atoms with Gasteiger partial charge in [-0.15, -0.1) is 0 Å². The molecule has 0 aliphatic carbocycles. The third-order valence-electron chi connectivity index (χ3n) is 2.75. The molecular formula is C11H12Br2N4. The van der Waals surface area contributed by atoms with Crippen LogP contribution in [0.4, 0.5) is 5.82 Å². The second kappa shape index (κ2) is 5.80. The minimum absolute atomic E-state index is 0.517. The van der Waals surface area contributed by atoms with Crippen molar-refractivity contribution in [3.05, 3.63) is 21.2 Å². The number of nitrogens with zero attached hydrogens (tertiary/aromatic N) is 4. The third-order valence-corrected chi connectivity index (χ3v) is 3.77. The number of halogens is 2. The molecule has 0 atom stereocenters. The van der Waals surface area contributed by atoms with Gasteiger partial charge in [0.05, 0.1) is 17.1 Å². The summed E-state index contributed by atoms with van der Waals surface area (Å²) in [4.78, 5) is 8.82. The number of pyridine rings is 1. The first kappa shape index (κ1) is 12.8. The Morgan fingerprint density at radius 2 is 2.00 bits per heavy atom. The zero-order valence-corrected chi connectivity index (χ0v) is 12.4. The summed E-state index contributed by atoms with van der Waals surface area (Å²) in [5, 5.41) is 8.65. The van der Waals surface area contributed by atoms with E-state index in [1.165, 1.54) is 0 Å². The van der Waals surface area contributed by atoms with E-state index >= 15 is 0 Å². The first-order chi connectivity index (χ1) is 8.20. The number of nitriles is 1. The molecule has 0 unspecified atom stereocenters. The topological polar surface area (TPSA) is 43.2 Å². The summed E-state index contributed by atoms with van der Waals surface area (Å²) in [5.41, 5.74) is 0. The van der Waals surface area contributed by atoms with Crippen LogP contribution in [0.2, 0.25) is 0 Å². The van der Waals surface area contributed by atoms with Crippen molar-refractivity contribution < 1.29 is 0 Å². The van der Waals surface area contributed by atoms with E-state index < -0.39 is 0 Å². The predicted molar refractivity (Wildman–Crippen MR) is 73.9 cm³/mol. The number of anilines is 1. The van der Waals surface area contributed by atoms with Gasteiger partial charge in [0.25, 0.3) is 0 Å². The Morgan fingerprint density at radius 1 is 1.29 bits per heavy atom. The van der Waals surface area contributed by atoms with Crippen molar-refractivity contribution in [2.45, 2.75) is 0 Å². The molecule has 0 N–H and O–H groups in total. The Bertz CT molecular complexity index is 436. The predicted octanol–water partition coefficient (Wildman–Crippen LogP) is 2.25. The SMILES string of the molecule is N#CCN1CCN(c2ncc(Br)cc2Br)CC1. The van der Waals surface area contributed by atoms with Crippen LogP contribution in [0.25, 0.3) is 0 Å². The van der Waals surface area contributed by atoms with E-state index in [4.69, 9.17) is 5.26 Å². The second-order valence-corrected chi connectivity index (χ2v) is 5.65. The lowest BCUT2D eigenvalue weighted by molar-refractivity contribution is 0.286. The molecule has 6 heteroatoms. The summed E-state index contributed by atoms with van der Waals surface area (Å²) < 4.78 is 1.97. The van der Waals surface area contributed by atoms with Crippen molar-refractivity contribution in [2.24, 2.45) is 0 Å². The Morgan fingerprint density at radius 3 is 2.59 bits per heavy atom. The Balaban J connectivity index is 2.03. The maximum absolute atomic E-state index is 8.65. The zero-order valence-electron chi connectivity index (χ0n) is 9.24. The molecule has 1 aliphatic rings. The molecule has 1 fully saturated rings. The van der Waals surface area contributed by atoms with Crippen LogP contribution < -0.4 is 4.90 Å². The van der Waals surface area contributed by atoms with Gasteiger partial charge in [-0.3, -0.25) is 4.90 Å². The molecule has 4 nitrogen and oxygen atoms in total. The number of rotatable bonds is 2. The molecule has 0 amide bonds. The maximum atomic E-state index is 8.65. The average Bonchev–Trinajstić information content (AvgIpc) is 2.31. The van der Waals surface area contributed by atoms with Gasteiger partial charge in [0.2, 0.25) is 0 Å². The van der Waals surface area contributed by atoms with Gasteiger partial charge < -0.3 is 4.90 Å². The monoisotopic (exact) mass is 358 g/mol. The van der Waals surface area contributed by atoms with Gasteiger partial charge in [0, 0.05) is 36.8 Å². The minimum atomic E-state index is 0.517. The van der Waals surface area contributed by atoms with E-state index in [-0.39, 0.29) is 0 Å². The fourth-order valence-corrected chi connectivity index (χ4v) is 3.10. The van der Waals surface area contributed by atoms with Crippen LogP contribution in [0.1, 0.15) is 0 Å². The molecule has 0 bridgehead atoms. The molecule has 1 aromatic rings. The van der Waals surface area contributed by atoms with Gasteiger partial charge in [-0.2, -0.15) is 5.26 Å². The van der Waals surface area contributed by atoms with Crippen molar-refractivity contribution in [1.29, 1.82) is 5.26 Å². The lowest BCUT2D eigenvalue weighted by atomic mass is 10.3. The highest BCUT2D eigenvalue weighted by Gasteiger charge is 2.19. The Kier molecular flexibility index (Phi) is 4.37. The smallest absolute Gasteiger partial charge is 0.143 e. The first-order valence-corrected chi connectivity index (χ1v) is 6.94. The fraction of sp³-hybridized carbons (Fsp3) is 0.455. The molecule has 0 radical (unpaired) electrons. The molecule has 90 valence electrons. The fourth-order valence-electron chi connectivity index (χ4n) is 1.86. The standard InChI is InChI=1S/C11H12Br2N4/c12-9-7-10(13)11(15-8-9)17-5-3-16(2-1-14)4-6-17/h7-8H,2-6H2. The molecule has 1 saturated heterocycles. The van der Waals surface area contributed by atoms with E-state index in [0.29, 0.717) is 6.54 Å². The molecule has 2 rings (SSSR count). The molecule has 17 heavy (non-hydrogen) atoms. The molecule has 0 aromatic carbocycles. The summed E-state index contributed by atoms with van der Waals surface area (Å²) in [7, 11) is 0. The van der Waals surface area contributed by atoms with Crippen molar-refractivity contribution in [1.82, 2.24) is 9.88 Å². The van der Waals surface area contributed by atoms with E-state index in [1.807, 2.05) is 12.3 Å². The summed E-state index contributed by atoms with van der Waals surface area (Å²) in [6.45, 7) is 4.17. The Hall–Kier alpha value is -0.640. The summed E-state index contributed by atoms with van der Waals surface area (Å²) in [6.07, 6.45) is 1.81.